The molecule has 0 spiro atoms. The van der Waals surface area contributed by atoms with Gasteiger partial charge < -0.3 is 10.6 Å². The number of nitrogens with zero attached hydrogens (tertiary/aromatic N) is 2. The van der Waals surface area contributed by atoms with Crippen molar-refractivity contribution in [3.63, 3.8) is 0 Å². The summed E-state index contributed by atoms with van der Waals surface area (Å²) in [5, 5.41) is 8.85. The SMILES string of the molecule is CC(CC(=O)Nc1cccnc1)=NNC(=O)C(=O)NCC(C)C. The number of rotatable bonds is 6. The molecule has 1 rings (SSSR count). The quantitative estimate of drug-likeness (QED) is 0.406. The molecule has 23 heavy (non-hydrogen) atoms. The van der Waals surface area contributed by atoms with Crippen molar-refractivity contribution in [2.24, 2.45) is 11.0 Å². The number of nitrogens with one attached hydrogen (secondary N) is 3. The Morgan fingerprint density at radius 3 is 2.61 bits per heavy atom. The molecule has 0 saturated carbocycles. The van der Waals surface area contributed by atoms with Crippen LogP contribution in [-0.4, -0.2) is 35.0 Å². The maximum atomic E-state index is 11.8. The van der Waals surface area contributed by atoms with E-state index in [4.69, 9.17) is 0 Å². The number of amides is 3. The number of pyridine rings is 1. The third-order valence-electron chi connectivity index (χ3n) is 2.59. The van der Waals surface area contributed by atoms with Crippen molar-refractivity contribution in [2.45, 2.75) is 27.2 Å². The standard InChI is InChI=1S/C15H21N5O3/c1-10(2)8-17-14(22)15(23)20-19-11(3)7-13(21)18-12-5-4-6-16-9-12/h4-6,9-10H,7-8H2,1-3H3,(H,17,22)(H,18,21)(H,20,23). The van der Waals surface area contributed by atoms with E-state index in [9.17, 15) is 14.4 Å². The maximum absolute atomic E-state index is 11.8. The third kappa shape index (κ3) is 7.70. The number of anilines is 1. The molecule has 3 amide bonds. The molecule has 0 aromatic carbocycles. The molecule has 0 bridgehead atoms. The zero-order valence-electron chi connectivity index (χ0n) is 13.4. The van der Waals surface area contributed by atoms with Crippen LogP contribution in [0.3, 0.4) is 0 Å². The van der Waals surface area contributed by atoms with E-state index in [1.165, 1.54) is 6.20 Å². The predicted octanol–water partition coefficient (Wildman–Crippen LogP) is 0.674. The Morgan fingerprint density at radius 2 is 2.00 bits per heavy atom. The fourth-order valence-corrected chi connectivity index (χ4v) is 1.49. The molecule has 1 aromatic heterocycles. The first-order chi connectivity index (χ1) is 10.9. The number of carbonyl (C=O) groups is 3. The number of hydrogen-bond donors (Lipinski definition) is 3. The van der Waals surface area contributed by atoms with Crippen LogP contribution in [-0.2, 0) is 14.4 Å². The average Bonchev–Trinajstić information content (AvgIpc) is 2.51. The molecule has 0 aliphatic heterocycles. The lowest BCUT2D eigenvalue weighted by Crippen LogP contribution is -2.39. The van der Waals surface area contributed by atoms with E-state index >= 15 is 0 Å². The van der Waals surface area contributed by atoms with Gasteiger partial charge in [-0.3, -0.25) is 19.4 Å². The van der Waals surface area contributed by atoms with Crippen LogP contribution in [0, 0.1) is 5.92 Å². The minimum atomic E-state index is -0.863. The molecule has 0 saturated heterocycles. The Labute approximate surface area is 134 Å². The molecule has 0 atom stereocenters. The van der Waals surface area contributed by atoms with Gasteiger partial charge in [-0.1, -0.05) is 13.8 Å². The molecule has 0 unspecified atom stereocenters. The summed E-state index contributed by atoms with van der Waals surface area (Å²) in [5.41, 5.74) is 3.06. The third-order valence-corrected chi connectivity index (χ3v) is 2.59. The van der Waals surface area contributed by atoms with Gasteiger partial charge in [0.2, 0.25) is 5.91 Å². The van der Waals surface area contributed by atoms with E-state index in [1.807, 2.05) is 13.8 Å². The first-order valence-electron chi connectivity index (χ1n) is 7.19. The van der Waals surface area contributed by atoms with Gasteiger partial charge in [-0.05, 0) is 25.0 Å². The fourth-order valence-electron chi connectivity index (χ4n) is 1.49. The summed E-state index contributed by atoms with van der Waals surface area (Å²) in [6.07, 6.45) is 3.11. The number of hydrogen-bond acceptors (Lipinski definition) is 5. The molecule has 0 fully saturated rings. The normalized spacial score (nSPS) is 11.0. The molecule has 1 aromatic rings. The van der Waals surface area contributed by atoms with E-state index in [0.717, 1.165) is 0 Å². The van der Waals surface area contributed by atoms with Crippen molar-refractivity contribution in [3.8, 4) is 0 Å². The van der Waals surface area contributed by atoms with Crippen molar-refractivity contribution in [1.82, 2.24) is 15.7 Å². The zero-order chi connectivity index (χ0) is 17.2. The van der Waals surface area contributed by atoms with E-state index < -0.39 is 11.8 Å². The Hall–Kier alpha value is -2.77. The van der Waals surface area contributed by atoms with Gasteiger partial charge in [0.25, 0.3) is 0 Å². The molecule has 0 radical (unpaired) electrons. The van der Waals surface area contributed by atoms with Crippen LogP contribution in [0.2, 0.25) is 0 Å². The molecule has 0 aliphatic carbocycles. The highest BCUT2D eigenvalue weighted by atomic mass is 16.2. The Kier molecular flexibility index (Phi) is 7.38. The number of aromatic nitrogens is 1. The average molecular weight is 319 g/mol. The minimum absolute atomic E-state index is 0.0111. The number of hydrazone groups is 1. The molecule has 8 nitrogen and oxygen atoms in total. The molecule has 1 heterocycles. The first kappa shape index (κ1) is 18.3. The summed E-state index contributed by atoms with van der Waals surface area (Å²) < 4.78 is 0. The zero-order valence-corrected chi connectivity index (χ0v) is 13.4. The van der Waals surface area contributed by atoms with Crippen LogP contribution in [0.25, 0.3) is 0 Å². The molecular formula is C15H21N5O3. The lowest BCUT2D eigenvalue weighted by molar-refractivity contribution is -0.139. The predicted molar refractivity (Wildman–Crippen MR) is 86.6 cm³/mol. The van der Waals surface area contributed by atoms with Gasteiger partial charge in [0, 0.05) is 18.5 Å². The summed E-state index contributed by atoms with van der Waals surface area (Å²) in [4.78, 5) is 38.6. The lowest BCUT2D eigenvalue weighted by Gasteiger charge is -2.07. The second-order valence-corrected chi connectivity index (χ2v) is 5.36. The van der Waals surface area contributed by atoms with Gasteiger partial charge in [-0.15, -0.1) is 0 Å². The van der Waals surface area contributed by atoms with E-state index in [-0.39, 0.29) is 18.2 Å². The van der Waals surface area contributed by atoms with Gasteiger partial charge in [0.1, 0.15) is 0 Å². The molecular weight excluding hydrogens is 298 g/mol. The van der Waals surface area contributed by atoms with Crippen LogP contribution in [0.5, 0.6) is 0 Å². The van der Waals surface area contributed by atoms with Crippen molar-refractivity contribution < 1.29 is 14.4 Å². The Bertz CT molecular complexity index is 584. The monoisotopic (exact) mass is 319 g/mol. The van der Waals surface area contributed by atoms with Gasteiger partial charge >= 0.3 is 11.8 Å². The number of carbonyl (C=O) groups excluding carboxylic acids is 3. The first-order valence-corrected chi connectivity index (χ1v) is 7.19. The molecule has 8 heteroatoms. The fraction of sp³-hybridized carbons (Fsp3) is 0.400. The molecule has 3 N–H and O–H groups in total. The largest absolute Gasteiger partial charge is 0.348 e. The van der Waals surface area contributed by atoms with Crippen LogP contribution < -0.4 is 16.1 Å². The van der Waals surface area contributed by atoms with Crippen molar-refractivity contribution in [2.75, 3.05) is 11.9 Å². The lowest BCUT2D eigenvalue weighted by atomic mass is 10.2. The van der Waals surface area contributed by atoms with Gasteiger partial charge in [-0.25, -0.2) is 5.43 Å². The van der Waals surface area contributed by atoms with Crippen molar-refractivity contribution in [3.05, 3.63) is 24.5 Å². The van der Waals surface area contributed by atoms with Gasteiger partial charge in [0.15, 0.2) is 0 Å². The van der Waals surface area contributed by atoms with Gasteiger partial charge in [-0.2, -0.15) is 5.10 Å². The van der Waals surface area contributed by atoms with Gasteiger partial charge in [0.05, 0.1) is 18.3 Å². The Balaban J connectivity index is 2.40. The molecule has 0 aliphatic rings. The maximum Gasteiger partial charge on any atom is 0.329 e. The van der Waals surface area contributed by atoms with E-state index in [2.05, 4.69) is 26.1 Å². The van der Waals surface area contributed by atoms with Crippen LogP contribution in [0.1, 0.15) is 27.2 Å². The topological polar surface area (TPSA) is 113 Å². The van der Waals surface area contributed by atoms with Crippen LogP contribution in [0.4, 0.5) is 5.69 Å². The summed E-state index contributed by atoms with van der Waals surface area (Å²) in [6, 6.07) is 3.41. The minimum Gasteiger partial charge on any atom is -0.348 e. The second-order valence-electron chi connectivity index (χ2n) is 5.36. The van der Waals surface area contributed by atoms with Crippen LogP contribution >= 0.6 is 0 Å². The van der Waals surface area contributed by atoms with E-state index in [1.54, 1.807) is 25.3 Å². The van der Waals surface area contributed by atoms with E-state index in [0.29, 0.717) is 17.9 Å². The van der Waals surface area contributed by atoms with Crippen LogP contribution in [0.15, 0.2) is 29.6 Å². The highest BCUT2D eigenvalue weighted by molar-refractivity contribution is 6.35. The Morgan fingerprint density at radius 1 is 1.26 bits per heavy atom. The molecule has 124 valence electrons. The van der Waals surface area contributed by atoms with Crippen molar-refractivity contribution >= 4 is 29.1 Å². The summed E-state index contributed by atoms with van der Waals surface area (Å²) in [7, 11) is 0. The summed E-state index contributed by atoms with van der Waals surface area (Å²) in [5.74, 6) is -1.67. The van der Waals surface area contributed by atoms with Crippen molar-refractivity contribution in [1.29, 1.82) is 0 Å². The summed E-state index contributed by atoms with van der Waals surface area (Å²) in [6.45, 7) is 5.82. The second kappa shape index (κ2) is 9.29. The highest BCUT2D eigenvalue weighted by Gasteiger charge is 2.13. The smallest absolute Gasteiger partial charge is 0.329 e. The highest BCUT2D eigenvalue weighted by Crippen LogP contribution is 2.03. The summed E-state index contributed by atoms with van der Waals surface area (Å²) >= 11 is 0.